The third kappa shape index (κ3) is 12.1. The first-order valence-electron chi connectivity index (χ1n) is 9.52. The molecular formula is C20H36IN3O3. The monoisotopic (exact) mass is 493 g/mol. The van der Waals surface area contributed by atoms with E-state index in [0.29, 0.717) is 19.8 Å². The zero-order valence-electron chi connectivity index (χ0n) is 17.2. The number of aryl methyl sites for hydroxylation is 1. The van der Waals surface area contributed by atoms with Crippen LogP contribution in [-0.4, -0.2) is 52.6 Å². The number of nitrogens with one attached hydrogen (secondary N) is 2. The van der Waals surface area contributed by atoms with Gasteiger partial charge in [0.15, 0.2) is 5.96 Å². The Balaban J connectivity index is 0.00000676. The van der Waals surface area contributed by atoms with Crippen LogP contribution in [0, 0.1) is 6.92 Å². The molecular weight excluding hydrogens is 457 g/mol. The van der Waals surface area contributed by atoms with Gasteiger partial charge in [0.2, 0.25) is 0 Å². The standard InChI is InChI=1S/C20H35N3O3.HI/c1-5-21-20(22-11-7-13-25-6-2)23-16-18-10-9-17(3)15-19(18)26-14-8-12-24-4;/h9-10,15H,5-8,11-14,16H2,1-4H3,(H2,21,22,23);1H. The van der Waals surface area contributed by atoms with Crippen molar-refractivity contribution >= 4 is 29.9 Å². The molecule has 27 heavy (non-hydrogen) atoms. The van der Waals surface area contributed by atoms with E-state index in [2.05, 4.69) is 47.7 Å². The minimum absolute atomic E-state index is 0. The number of halogens is 1. The van der Waals surface area contributed by atoms with Gasteiger partial charge in [0.1, 0.15) is 5.75 Å². The number of guanidine groups is 1. The third-order valence-electron chi connectivity index (χ3n) is 3.69. The van der Waals surface area contributed by atoms with Crippen molar-refractivity contribution in [2.45, 2.75) is 40.2 Å². The third-order valence-corrected chi connectivity index (χ3v) is 3.69. The molecule has 0 fully saturated rings. The van der Waals surface area contributed by atoms with Crippen molar-refractivity contribution in [3.8, 4) is 5.75 Å². The fourth-order valence-electron chi connectivity index (χ4n) is 2.34. The van der Waals surface area contributed by atoms with Crippen LogP contribution in [0.2, 0.25) is 0 Å². The molecule has 0 atom stereocenters. The number of aliphatic imine (C=N–C) groups is 1. The van der Waals surface area contributed by atoms with Crippen LogP contribution in [0.25, 0.3) is 0 Å². The fraction of sp³-hybridized carbons (Fsp3) is 0.650. The van der Waals surface area contributed by atoms with Crippen molar-refractivity contribution in [1.29, 1.82) is 0 Å². The Morgan fingerprint density at radius 3 is 2.59 bits per heavy atom. The number of benzene rings is 1. The SMILES string of the molecule is CCNC(=NCc1ccc(C)cc1OCCCOC)NCCCOCC.I. The Morgan fingerprint density at radius 1 is 1.07 bits per heavy atom. The summed E-state index contributed by atoms with van der Waals surface area (Å²) >= 11 is 0. The molecule has 7 heteroatoms. The van der Waals surface area contributed by atoms with E-state index in [9.17, 15) is 0 Å². The summed E-state index contributed by atoms with van der Waals surface area (Å²) in [6.45, 7) is 11.2. The lowest BCUT2D eigenvalue weighted by molar-refractivity contribution is 0.145. The minimum Gasteiger partial charge on any atom is -0.493 e. The summed E-state index contributed by atoms with van der Waals surface area (Å²) in [5.41, 5.74) is 2.26. The van der Waals surface area contributed by atoms with Gasteiger partial charge in [-0.15, -0.1) is 24.0 Å². The van der Waals surface area contributed by atoms with Crippen molar-refractivity contribution in [3.05, 3.63) is 29.3 Å². The molecule has 0 heterocycles. The topological polar surface area (TPSA) is 64.1 Å². The molecule has 0 unspecified atom stereocenters. The number of ether oxygens (including phenoxy) is 3. The first kappa shape index (κ1) is 25.9. The molecule has 0 amide bonds. The van der Waals surface area contributed by atoms with Gasteiger partial charge in [-0.25, -0.2) is 4.99 Å². The maximum Gasteiger partial charge on any atom is 0.191 e. The van der Waals surface area contributed by atoms with Crippen molar-refractivity contribution in [3.63, 3.8) is 0 Å². The van der Waals surface area contributed by atoms with Gasteiger partial charge in [-0.05, 0) is 38.8 Å². The Labute approximate surface area is 181 Å². The molecule has 1 rings (SSSR count). The smallest absolute Gasteiger partial charge is 0.191 e. The van der Waals surface area contributed by atoms with Crippen LogP contribution in [0.4, 0.5) is 0 Å². The second kappa shape index (κ2) is 17.1. The van der Waals surface area contributed by atoms with Crippen LogP contribution in [0.1, 0.15) is 37.8 Å². The molecule has 0 saturated heterocycles. The highest BCUT2D eigenvalue weighted by atomic mass is 127. The van der Waals surface area contributed by atoms with Crippen molar-refractivity contribution in [1.82, 2.24) is 10.6 Å². The Bertz CT molecular complexity index is 527. The quantitative estimate of drug-likeness (QED) is 0.191. The van der Waals surface area contributed by atoms with E-state index in [1.165, 1.54) is 5.56 Å². The Hall–Kier alpha value is -1.06. The minimum atomic E-state index is 0. The van der Waals surface area contributed by atoms with E-state index in [-0.39, 0.29) is 24.0 Å². The summed E-state index contributed by atoms with van der Waals surface area (Å²) in [4.78, 5) is 4.69. The van der Waals surface area contributed by atoms with Crippen LogP contribution in [0.15, 0.2) is 23.2 Å². The fourth-order valence-corrected chi connectivity index (χ4v) is 2.34. The van der Waals surface area contributed by atoms with Crippen LogP contribution < -0.4 is 15.4 Å². The van der Waals surface area contributed by atoms with Gasteiger partial charge in [-0.2, -0.15) is 0 Å². The van der Waals surface area contributed by atoms with E-state index in [1.54, 1.807) is 7.11 Å². The van der Waals surface area contributed by atoms with E-state index in [0.717, 1.165) is 56.4 Å². The molecule has 0 aliphatic heterocycles. The van der Waals surface area contributed by atoms with Crippen LogP contribution in [-0.2, 0) is 16.0 Å². The molecule has 0 aliphatic carbocycles. The summed E-state index contributed by atoms with van der Waals surface area (Å²) < 4.78 is 16.4. The van der Waals surface area contributed by atoms with Gasteiger partial charge >= 0.3 is 0 Å². The summed E-state index contributed by atoms with van der Waals surface area (Å²) in [6.07, 6.45) is 1.83. The average molecular weight is 493 g/mol. The van der Waals surface area contributed by atoms with Crippen molar-refractivity contribution < 1.29 is 14.2 Å². The lowest BCUT2D eigenvalue weighted by atomic mass is 10.1. The number of hydrogen-bond acceptors (Lipinski definition) is 4. The van der Waals surface area contributed by atoms with Crippen LogP contribution >= 0.6 is 24.0 Å². The lowest BCUT2D eigenvalue weighted by Crippen LogP contribution is -2.38. The molecule has 0 aliphatic rings. The molecule has 0 spiro atoms. The zero-order valence-corrected chi connectivity index (χ0v) is 19.5. The zero-order chi connectivity index (χ0) is 19.0. The van der Waals surface area contributed by atoms with Crippen LogP contribution in [0.3, 0.4) is 0 Å². The summed E-state index contributed by atoms with van der Waals surface area (Å²) in [5, 5.41) is 6.62. The first-order chi connectivity index (χ1) is 12.7. The largest absolute Gasteiger partial charge is 0.493 e. The van der Waals surface area contributed by atoms with Crippen LogP contribution in [0.5, 0.6) is 5.75 Å². The van der Waals surface area contributed by atoms with Crippen molar-refractivity contribution in [2.24, 2.45) is 4.99 Å². The highest BCUT2D eigenvalue weighted by Crippen LogP contribution is 2.21. The van der Waals surface area contributed by atoms with E-state index < -0.39 is 0 Å². The first-order valence-corrected chi connectivity index (χ1v) is 9.52. The maximum atomic E-state index is 5.93. The highest BCUT2D eigenvalue weighted by Gasteiger charge is 2.05. The highest BCUT2D eigenvalue weighted by molar-refractivity contribution is 14.0. The van der Waals surface area contributed by atoms with E-state index in [1.807, 2.05) is 6.92 Å². The number of hydrogen-bond donors (Lipinski definition) is 2. The molecule has 0 bridgehead atoms. The van der Waals surface area contributed by atoms with Gasteiger partial charge in [0.05, 0.1) is 13.2 Å². The van der Waals surface area contributed by atoms with Gasteiger partial charge in [-0.3, -0.25) is 0 Å². The molecule has 1 aromatic carbocycles. The molecule has 2 N–H and O–H groups in total. The van der Waals surface area contributed by atoms with Gasteiger partial charge in [-0.1, -0.05) is 12.1 Å². The number of rotatable bonds is 13. The number of methoxy groups -OCH3 is 1. The summed E-state index contributed by atoms with van der Waals surface area (Å²) in [7, 11) is 1.70. The predicted octanol–water partition coefficient (Wildman–Crippen LogP) is 3.51. The predicted molar refractivity (Wildman–Crippen MR) is 123 cm³/mol. The second-order valence-electron chi connectivity index (χ2n) is 5.98. The molecule has 6 nitrogen and oxygen atoms in total. The number of nitrogens with zero attached hydrogens (tertiary/aromatic N) is 1. The Morgan fingerprint density at radius 2 is 1.89 bits per heavy atom. The Kier molecular flexibility index (Phi) is 16.4. The second-order valence-corrected chi connectivity index (χ2v) is 5.98. The molecule has 156 valence electrons. The van der Waals surface area contributed by atoms with Gasteiger partial charge in [0, 0.05) is 52.0 Å². The van der Waals surface area contributed by atoms with Gasteiger partial charge < -0.3 is 24.8 Å². The molecule has 0 radical (unpaired) electrons. The summed E-state index contributed by atoms with van der Waals surface area (Å²) in [5.74, 6) is 1.71. The normalized spacial score (nSPS) is 11.0. The van der Waals surface area contributed by atoms with E-state index in [4.69, 9.17) is 14.2 Å². The average Bonchev–Trinajstić information content (AvgIpc) is 2.64. The molecule has 0 saturated carbocycles. The maximum absolute atomic E-state index is 5.93. The van der Waals surface area contributed by atoms with Gasteiger partial charge in [0.25, 0.3) is 0 Å². The lowest BCUT2D eigenvalue weighted by Gasteiger charge is -2.13. The van der Waals surface area contributed by atoms with Crippen molar-refractivity contribution in [2.75, 3.05) is 46.6 Å². The molecule has 0 aromatic heterocycles. The van der Waals surface area contributed by atoms with E-state index >= 15 is 0 Å². The summed E-state index contributed by atoms with van der Waals surface area (Å²) in [6, 6.07) is 6.25. The molecule has 1 aromatic rings.